The minimum absolute atomic E-state index is 0.334. The fraction of sp³-hybridized carbons (Fsp3) is 0.182. The number of fused-ring (bicyclic) bond motifs is 1. The van der Waals surface area contributed by atoms with Gasteiger partial charge in [-0.05, 0) is 55.0 Å². The van der Waals surface area contributed by atoms with Crippen LogP contribution in [0.1, 0.15) is 28.6 Å². The number of ether oxygens (including phenoxy) is 1. The molecule has 0 aliphatic rings. The summed E-state index contributed by atoms with van der Waals surface area (Å²) < 4.78 is 13.8. The van der Waals surface area contributed by atoms with Gasteiger partial charge in [-0.3, -0.25) is 0 Å². The first-order chi connectivity index (χ1) is 14.1. The second-order valence-electron chi connectivity index (χ2n) is 6.40. The number of benzene rings is 2. The van der Waals surface area contributed by atoms with Gasteiger partial charge in [0, 0.05) is 10.2 Å². The Bertz CT molecular complexity index is 1120. The molecule has 7 heteroatoms. The summed E-state index contributed by atoms with van der Waals surface area (Å²) >= 11 is 5.12. The number of esters is 1. The van der Waals surface area contributed by atoms with E-state index in [0.717, 1.165) is 32.2 Å². The van der Waals surface area contributed by atoms with E-state index in [1.807, 2.05) is 30.3 Å². The Morgan fingerprint density at radius 1 is 1.21 bits per heavy atom. The number of aromatic nitrogens is 2. The van der Waals surface area contributed by atoms with Crippen molar-refractivity contribution in [3.05, 3.63) is 82.2 Å². The van der Waals surface area contributed by atoms with Gasteiger partial charge in [0.05, 0.1) is 36.0 Å². The second kappa shape index (κ2) is 8.88. The van der Waals surface area contributed by atoms with E-state index in [1.165, 1.54) is 5.56 Å². The molecule has 0 unspecified atom stereocenters. The quantitative estimate of drug-likeness (QED) is 0.248. The largest absolute Gasteiger partial charge is 0.467 e. The summed E-state index contributed by atoms with van der Waals surface area (Å²) in [6.45, 7) is 2.72. The molecule has 0 atom stereocenters. The Balaban J connectivity index is 1.67. The van der Waals surface area contributed by atoms with E-state index in [0.29, 0.717) is 18.7 Å². The lowest BCUT2D eigenvalue weighted by Crippen LogP contribution is -2.04. The molecule has 0 saturated carbocycles. The van der Waals surface area contributed by atoms with E-state index in [-0.39, 0.29) is 5.97 Å². The van der Waals surface area contributed by atoms with E-state index < -0.39 is 0 Å². The van der Waals surface area contributed by atoms with Crippen LogP contribution in [0.2, 0.25) is 0 Å². The lowest BCUT2D eigenvalue weighted by molar-refractivity contribution is 0.0526. The number of rotatable bonds is 7. The Morgan fingerprint density at radius 2 is 2.03 bits per heavy atom. The predicted octanol–water partition coefficient (Wildman–Crippen LogP) is 5.91. The monoisotopic (exact) mass is 470 g/mol. The van der Waals surface area contributed by atoms with Crippen LogP contribution in [0.4, 0.5) is 0 Å². The van der Waals surface area contributed by atoms with Crippen molar-refractivity contribution in [3.63, 3.8) is 0 Å². The van der Waals surface area contributed by atoms with Crippen LogP contribution in [0.3, 0.4) is 0 Å². The highest BCUT2D eigenvalue weighted by Gasteiger charge is 2.16. The third kappa shape index (κ3) is 4.57. The summed E-state index contributed by atoms with van der Waals surface area (Å²) in [5, 5.41) is 0.875. The minimum atomic E-state index is -0.334. The lowest BCUT2D eigenvalue weighted by atomic mass is 10.2. The van der Waals surface area contributed by atoms with Crippen LogP contribution in [0.15, 0.2) is 74.9 Å². The molecule has 0 amide bonds. The summed E-state index contributed by atoms with van der Waals surface area (Å²) in [7, 11) is 0. The molecule has 0 N–H and O–H groups in total. The Hall–Kier alpha value is -2.51. The third-order valence-electron chi connectivity index (χ3n) is 4.40. The van der Waals surface area contributed by atoms with Gasteiger partial charge < -0.3 is 13.7 Å². The molecule has 2 aromatic carbocycles. The third-order valence-corrected chi connectivity index (χ3v) is 5.98. The highest BCUT2D eigenvalue weighted by molar-refractivity contribution is 9.10. The van der Waals surface area contributed by atoms with Gasteiger partial charge in [0.1, 0.15) is 5.76 Å². The fourth-order valence-corrected chi connectivity index (χ4v) is 4.23. The topological polar surface area (TPSA) is 57.3 Å². The number of imidazole rings is 1. The zero-order valence-electron chi connectivity index (χ0n) is 15.8. The maximum absolute atomic E-state index is 12.1. The molecule has 0 spiro atoms. The standard InChI is InChI=1S/C22H19BrN2O3S/c1-2-27-21(26)16-7-10-20-19(12-16)24-22(25(20)13-18-4-3-11-28-18)29-14-15-5-8-17(23)9-6-15/h3-12H,2,13-14H2,1H3. The first kappa shape index (κ1) is 19.8. The maximum atomic E-state index is 12.1. The fourth-order valence-electron chi connectivity index (χ4n) is 3.00. The predicted molar refractivity (Wildman–Crippen MR) is 117 cm³/mol. The van der Waals surface area contributed by atoms with Crippen LogP contribution in [0, 0.1) is 0 Å². The number of nitrogens with zero attached hydrogens (tertiary/aromatic N) is 2. The van der Waals surface area contributed by atoms with Crippen molar-refractivity contribution < 1.29 is 13.9 Å². The molecule has 5 nitrogen and oxygen atoms in total. The van der Waals surface area contributed by atoms with Crippen molar-refractivity contribution in [3.8, 4) is 0 Å². The van der Waals surface area contributed by atoms with E-state index in [9.17, 15) is 4.79 Å². The number of hydrogen-bond acceptors (Lipinski definition) is 5. The summed E-state index contributed by atoms with van der Waals surface area (Å²) in [5.74, 6) is 1.31. The average Bonchev–Trinajstić information content (AvgIpc) is 3.36. The number of halogens is 1. The first-order valence-corrected chi connectivity index (χ1v) is 11.0. The zero-order chi connectivity index (χ0) is 20.2. The van der Waals surface area contributed by atoms with Crippen LogP contribution in [-0.4, -0.2) is 22.1 Å². The van der Waals surface area contributed by atoms with Gasteiger partial charge in [0.15, 0.2) is 5.16 Å². The molecule has 4 rings (SSSR count). The van der Waals surface area contributed by atoms with Gasteiger partial charge in [-0.1, -0.05) is 39.8 Å². The van der Waals surface area contributed by atoms with E-state index >= 15 is 0 Å². The SMILES string of the molecule is CCOC(=O)c1ccc2c(c1)nc(SCc1ccc(Br)cc1)n2Cc1ccco1. The number of furan rings is 1. The minimum Gasteiger partial charge on any atom is -0.467 e. The molecule has 0 aliphatic heterocycles. The van der Waals surface area contributed by atoms with Gasteiger partial charge in [-0.2, -0.15) is 0 Å². The van der Waals surface area contributed by atoms with Crippen molar-refractivity contribution >= 4 is 44.7 Å². The van der Waals surface area contributed by atoms with Gasteiger partial charge in [0.25, 0.3) is 0 Å². The first-order valence-electron chi connectivity index (χ1n) is 9.21. The number of carbonyl (C=O) groups is 1. The van der Waals surface area contributed by atoms with Gasteiger partial charge in [-0.15, -0.1) is 0 Å². The van der Waals surface area contributed by atoms with Gasteiger partial charge in [-0.25, -0.2) is 9.78 Å². The highest BCUT2D eigenvalue weighted by Crippen LogP contribution is 2.29. The number of thioether (sulfide) groups is 1. The molecule has 148 valence electrons. The number of hydrogen-bond donors (Lipinski definition) is 0. The maximum Gasteiger partial charge on any atom is 0.338 e. The van der Waals surface area contributed by atoms with Gasteiger partial charge in [0.2, 0.25) is 0 Å². The lowest BCUT2D eigenvalue weighted by Gasteiger charge is -2.08. The van der Waals surface area contributed by atoms with Gasteiger partial charge >= 0.3 is 5.97 Å². The van der Waals surface area contributed by atoms with Crippen LogP contribution in [-0.2, 0) is 17.0 Å². The van der Waals surface area contributed by atoms with E-state index in [2.05, 4.69) is 32.6 Å². The van der Waals surface area contributed by atoms with E-state index in [4.69, 9.17) is 14.1 Å². The van der Waals surface area contributed by atoms with Crippen molar-refractivity contribution in [2.24, 2.45) is 0 Å². The normalized spacial score (nSPS) is 11.1. The Kier molecular flexibility index (Phi) is 6.06. The molecule has 0 radical (unpaired) electrons. The molecule has 2 heterocycles. The van der Waals surface area contributed by atoms with Crippen molar-refractivity contribution in [1.29, 1.82) is 0 Å². The summed E-state index contributed by atoms with van der Waals surface area (Å²) in [6, 6.07) is 17.6. The average molecular weight is 471 g/mol. The van der Waals surface area contributed by atoms with Crippen LogP contribution < -0.4 is 0 Å². The smallest absolute Gasteiger partial charge is 0.338 e. The molecule has 0 fully saturated rings. The molecule has 0 saturated heterocycles. The molecule has 29 heavy (non-hydrogen) atoms. The Labute approximate surface area is 181 Å². The molecule has 0 bridgehead atoms. The number of carbonyl (C=O) groups excluding carboxylic acids is 1. The van der Waals surface area contributed by atoms with Crippen LogP contribution in [0.5, 0.6) is 0 Å². The van der Waals surface area contributed by atoms with Crippen molar-refractivity contribution in [1.82, 2.24) is 9.55 Å². The van der Waals surface area contributed by atoms with Crippen LogP contribution >= 0.6 is 27.7 Å². The molecular weight excluding hydrogens is 452 g/mol. The summed E-state index contributed by atoms with van der Waals surface area (Å²) in [4.78, 5) is 16.9. The highest BCUT2D eigenvalue weighted by atomic mass is 79.9. The van der Waals surface area contributed by atoms with E-state index in [1.54, 1.807) is 37.1 Å². The molecule has 4 aromatic rings. The Morgan fingerprint density at radius 3 is 2.76 bits per heavy atom. The summed E-state index contributed by atoms with van der Waals surface area (Å²) in [6.07, 6.45) is 1.67. The van der Waals surface area contributed by atoms with Crippen molar-refractivity contribution in [2.45, 2.75) is 24.4 Å². The molecule has 2 aromatic heterocycles. The molecular formula is C22H19BrN2O3S. The zero-order valence-corrected chi connectivity index (χ0v) is 18.2. The van der Waals surface area contributed by atoms with Crippen LogP contribution in [0.25, 0.3) is 11.0 Å². The summed E-state index contributed by atoms with van der Waals surface area (Å²) in [5.41, 5.74) is 3.43. The molecule has 0 aliphatic carbocycles. The van der Waals surface area contributed by atoms with Crippen molar-refractivity contribution in [2.75, 3.05) is 6.61 Å². The second-order valence-corrected chi connectivity index (χ2v) is 8.26.